The Balaban J connectivity index is 1.87. The van der Waals surface area contributed by atoms with Crippen molar-refractivity contribution in [1.82, 2.24) is 5.43 Å². The zero-order chi connectivity index (χ0) is 13.9. The molecule has 20 heavy (non-hydrogen) atoms. The maximum absolute atomic E-state index is 14.0. The van der Waals surface area contributed by atoms with Crippen LogP contribution in [0, 0.1) is 11.7 Å². The van der Waals surface area contributed by atoms with Crippen LogP contribution < -0.4 is 11.3 Å². The quantitative estimate of drug-likeness (QED) is 0.664. The highest BCUT2D eigenvalue weighted by Crippen LogP contribution is 2.34. The van der Waals surface area contributed by atoms with Crippen LogP contribution in [0.3, 0.4) is 0 Å². The number of halogens is 1. The van der Waals surface area contributed by atoms with Crippen molar-refractivity contribution < 1.29 is 4.39 Å². The van der Waals surface area contributed by atoms with Crippen molar-refractivity contribution in [1.29, 1.82) is 0 Å². The molecule has 0 bridgehead atoms. The minimum absolute atomic E-state index is 0.135. The molecule has 0 radical (unpaired) electrons. The number of rotatable bonds is 3. The number of hydrogen-bond acceptors (Lipinski definition) is 2. The third-order valence-electron chi connectivity index (χ3n) is 4.28. The molecule has 104 valence electrons. The van der Waals surface area contributed by atoms with Crippen LogP contribution in [-0.2, 0) is 12.8 Å². The molecule has 0 spiro atoms. The Kier molecular flexibility index (Phi) is 3.81. The van der Waals surface area contributed by atoms with Gasteiger partial charge in [0, 0.05) is 5.56 Å². The summed E-state index contributed by atoms with van der Waals surface area (Å²) in [5.41, 5.74) is 6.26. The molecular formula is C17H19FN2. The van der Waals surface area contributed by atoms with Gasteiger partial charge in [0.15, 0.2) is 0 Å². The first-order valence-electron chi connectivity index (χ1n) is 7.07. The second-order valence-electron chi connectivity index (χ2n) is 5.44. The summed E-state index contributed by atoms with van der Waals surface area (Å²) in [6.45, 7) is 0. The molecule has 0 aliphatic heterocycles. The molecular weight excluding hydrogens is 251 g/mol. The number of benzene rings is 2. The van der Waals surface area contributed by atoms with E-state index in [2.05, 4.69) is 29.7 Å². The van der Waals surface area contributed by atoms with E-state index in [0.29, 0.717) is 11.5 Å². The molecule has 0 fully saturated rings. The van der Waals surface area contributed by atoms with Crippen LogP contribution in [-0.4, -0.2) is 0 Å². The van der Waals surface area contributed by atoms with E-state index in [1.807, 2.05) is 12.1 Å². The van der Waals surface area contributed by atoms with Gasteiger partial charge in [0.2, 0.25) is 0 Å². The Labute approximate surface area is 118 Å². The first-order chi connectivity index (χ1) is 9.79. The lowest BCUT2D eigenvalue weighted by molar-refractivity contribution is 0.321. The molecule has 2 nitrogen and oxygen atoms in total. The molecule has 0 amide bonds. The molecule has 0 aromatic heterocycles. The summed E-state index contributed by atoms with van der Waals surface area (Å²) in [6.07, 6.45) is 3.01. The summed E-state index contributed by atoms with van der Waals surface area (Å²) >= 11 is 0. The molecule has 1 aliphatic carbocycles. The van der Waals surface area contributed by atoms with Crippen molar-refractivity contribution in [3.05, 3.63) is 71.0 Å². The van der Waals surface area contributed by atoms with Crippen molar-refractivity contribution in [3.8, 4) is 0 Å². The summed E-state index contributed by atoms with van der Waals surface area (Å²) in [4.78, 5) is 0. The van der Waals surface area contributed by atoms with Crippen LogP contribution in [0.25, 0.3) is 0 Å². The van der Waals surface area contributed by atoms with E-state index >= 15 is 0 Å². The van der Waals surface area contributed by atoms with Gasteiger partial charge in [-0.2, -0.15) is 0 Å². The molecule has 3 heteroatoms. The van der Waals surface area contributed by atoms with E-state index in [-0.39, 0.29) is 11.9 Å². The Bertz CT molecular complexity index is 597. The van der Waals surface area contributed by atoms with Gasteiger partial charge in [0.25, 0.3) is 0 Å². The highest BCUT2D eigenvalue weighted by molar-refractivity contribution is 5.31. The fraction of sp³-hybridized carbons (Fsp3) is 0.294. The average Bonchev–Trinajstić information content (AvgIpc) is 2.50. The second-order valence-corrected chi connectivity index (χ2v) is 5.44. The van der Waals surface area contributed by atoms with Gasteiger partial charge in [-0.25, -0.2) is 4.39 Å². The van der Waals surface area contributed by atoms with Crippen molar-refractivity contribution >= 4 is 0 Å². The van der Waals surface area contributed by atoms with Gasteiger partial charge >= 0.3 is 0 Å². The Morgan fingerprint density at radius 1 is 1.05 bits per heavy atom. The molecule has 2 unspecified atom stereocenters. The predicted octanol–water partition coefficient (Wildman–Crippen LogP) is 3.14. The monoisotopic (exact) mass is 270 g/mol. The Morgan fingerprint density at radius 3 is 2.50 bits per heavy atom. The normalized spacial score (nSPS) is 19.4. The van der Waals surface area contributed by atoms with E-state index in [1.165, 1.54) is 17.2 Å². The van der Waals surface area contributed by atoms with Gasteiger partial charge in [-0.05, 0) is 42.4 Å². The summed E-state index contributed by atoms with van der Waals surface area (Å²) < 4.78 is 14.0. The maximum Gasteiger partial charge on any atom is 0.128 e. The lowest BCUT2D eigenvalue weighted by Gasteiger charge is -2.31. The highest BCUT2D eigenvalue weighted by Gasteiger charge is 2.28. The molecule has 1 aliphatic rings. The largest absolute Gasteiger partial charge is 0.271 e. The average molecular weight is 270 g/mol. The van der Waals surface area contributed by atoms with E-state index in [9.17, 15) is 4.39 Å². The lowest BCUT2D eigenvalue weighted by atomic mass is 9.78. The van der Waals surface area contributed by atoms with E-state index in [4.69, 9.17) is 5.84 Å². The van der Waals surface area contributed by atoms with Crippen molar-refractivity contribution in [2.45, 2.75) is 25.3 Å². The van der Waals surface area contributed by atoms with E-state index in [0.717, 1.165) is 19.3 Å². The summed E-state index contributed by atoms with van der Waals surface area (Å²) in [5.74, 6) is 5.85. The molecule has 2 aromatic carbocycles. The third kappa shape index (κ3) is 2.47. The first kappa shape index (κ1) is 13.3. The smallest absolute Gasteiger partial charge is 0.128 e. The van der Waals surface area contributed by atoms with Gasteiger partial charge in [-0.1, -0.05) is 42.5 Å². The number of nitrogens with two attached hydrogens (primary N) is 1. The highest BCUT2D eigenvalue weighted by atomic mass is 19.1. The summed E-state index contributed by atoms with van der Waals surface area (Å²) in [5, 5.41) is 0. The van der Waals surface area contributed by atoms with Crippen LogP contribution >= 0.6 is 0 Å². The van der Waals surface area contributed by atoms with Gasteiger partial charge in [0.05, 0.1) is 6.04 Å². The predicted molar refractivity (Wildman–Crippen MR) is 78.4 cm³/mol. The van der Waals surface area contributed by atoms with E-state index in [1.54, 1.807) is 6.07 Å². The van der Waals surface area contributed by atoms with Gasteiger partial charge in [-0.15, -0.1) is 0 Å². The molecule has 2 atom stereocenters. The summed E-state index contributed by atoms with van der Waals surface area (Å²) in [6, 6.07) is 15.2. The number of hydrazine groups is 1. The number of nitrogens with one attached hydrogen (secondary N) is 1. The van der Waals surface area contributed by atoms with Crippen LogP contribution in [0.15, 0.2) is 48.5 Å². The fourth-order valence-electron chi connectivity index (χ4n) is 3.22. The standard InChI is InChI=1S/C17H19FN2/c18-16-8-4-3-7-15(16)17(20-19)14-10-9-12-5-1-2-6-13(12)11-14/h1-8,14,17,20H,9-11,19H2. The number of fused-ring (bicyclic) bond motifs is 1. The van der Waals surface area contributed by atoms with Crippen LogP contribution in [0.4, 0.5) is 4.39 Å². The Morgan fingerprint density at radius 2 is 1.75 bits per heavy atom. The molecule has 3 rings (SSSR count). The van der Waals surface area contributed by atoms with Crippen LogP contribution in [0.1, 0.15) is 29.2 Å². The molecule has 2 aromatic rings. The van der Waals surface area contributed by atoms with Gasteiger partial charge < -0.3 is 0 Å². The topological polar surface area (TPSA) is 38.0 Å². The fourth-order valence-corrected chi connectivity index (χ4v) is 3.22. The van der Waals surface area contributed by atoms with Crippen molar-refractivity contribution in [2.24, 2.45) is 11.8 Å². The van der Waals surface area contributed by atoms with E-state index < -0.39 is 0 Å². The molecule has 3 N–H and O–H groups in total. The first-order valence-corrected chi connectivity index (χ1v) is 7.07. The minimum Gasteiger partial charge on any atom is -0.271 e. The number of aryl methyl sites for hydroxylation is 1. The van der Waals surface area contributed by atoms with Crippen molar-refractivity contribution in [2.75, 3.05) is 0 Å². The molecule has 0 saturated carbocycles. The second kappa shape index (κ2) is 5.73. The third-order valence-corrected chi connectivity index (χ3v) is 4.28. The van der Waals surface area contributed by atoms with Crippen LogP contribution in [0.2, 0.25) is 0 Å². The van der Waals surface area contributed by atoms with Gasteiger partial charge in [-0.3, -0.25) is 11.3 Å². The molecule has 0 heterocycles. The minimum atomic E-state index is -0.186. The zero-order valence-corrected chi connectivity index (χ0v) is 11.4. The van der Waals surface area contributed by atoms with Crippen LogP contribution in [0.5, 0.6) is 0 Å². The Hall–Kier alpha value is -1.71. The maximum atomic E-state index is 14.0. The zero-order valence-electron chi connectivity index (χ0n) is 11.4. The van der Waals surface area contributed by atoms with Gasteiger partial charge in [0.1, 0.15) is 5.82 Å². The number of hydrogen-bond donors (Lipinski definition) is 2. The lowest BCUT2D eigenvalue weighted by Crippen LogP contribution is -2.36. The molecule has 0 saturated heterocycles. The SMILES string of the molecule is NNC(c1ccccc1F)C1CCc2ccccc2C1. The summed E-state index contributed by atoms with van der Waals surface area (Å²) in [7, 11) is 0. The van der Waals surface area contributed by atoms with Crippen molar-refractivity contribution in [3.63, 3.8) is 0 Å².